The van der Waals surface area contributed by atoms with Gasteiger partial charge >= 0.3 is 11.9 Å². The van der Waals surface area contributed by atoms with Crippen molar-refractivity contribution in [2.24, 2.45) is 0 Å². The second kappa shape index (κ2) is 7.89. The van der Waals surface area contributed by atoms with Gasteiger partial charge in [0.15, 0.2) is 0 Å². The van der Waals surface area contributed by atoms with E-state index in [1.807, 2.05) is 25.7 Å². The zero-order chi connectivity index (χ0) is 20.5. The lowest BCUT2D eigenvalue weighted by Crippen LogP contribution is -2.60. The van der Waals surface area contributed by atoms with Crippen molar-refractivity contribution in [2.75, 3.05) is 31.3 Å². The highest BCUT2D eigenvalue weighted by Crippen LogP contribution is 2.30. The molecule has 0 radical (unpaired) electrons. The number of nitrogens with zero attached hydrogens (tertiary/aromatic N) is 2. The summed E-state index contributed by atoms with van der Waals surface area (Å²) in [6, 6.07) is 5.81. The number of hydrogen-bond acceptors (Lipinski definition) is 7. The highest BCUT2D eigenvalue weighted by atomic mass is 16.6. The molecule has 2 fully saturated rings. The number of carbonyl (C=O) groups is 3. The average molecular weight is 389 g/mol. The first-order valence-corrected chi connectivity index (χ1v) is 9.49. The highest BCUT2D eigenvalue weighted by molar-refractivity contribution is 6.06. The van der Waals surface area contributed by atoms with Gasteiger partial charge in [-0.05, 0) is 39.8 Å². The van der Waals surface area contributed by atoms with E-state index in [-0.39, 0.29) is 25.2 Å². The Bertz CT molecular complexity index is 773. The quantitative estimate of drug-likeness (QED) is 0.773. The molecule has 2 atom stereocenters. The van der Waals surface area contributed by atoms with Crippen LogP contribution < -0.4 is 10.2 Å². The zero-order valence-electron chi connectivity index (χ0n) is 16.7. The van der Waals surface area contributed by atoms with E-state index < -0.39 is 23.7 Å². The Morgan fingerprint density at radius 2 is 1.93 bits per heavy atom. The van der Waals surface area contributed by atoms with Crippen molar-refractivity contribution in [1.29, 1.82) is 0 Å². The molecule has 0 aliphatic carbocycles. The summed E-state index contributed by atoms with van der Waals surface area (Å²) < 4.78 is 10.7. The Labute approximate surface area is 164 Å². The van der Waals surface area contributed by atoms with Gasteiger partial charge in [0.1, 0.15) is 17.7 Å². The third-order valence-corrected chi connectivity index (χ3v) is 4.70. The summed E-state index contributed by atoms with van der Waals surface area (Å²) in [7, 11) is 0. The summed E-state index contributed by atoms with van der Waals surface area (Å²) in [6.07, 6.45) is 0. The Hall–Kier alpha value is -2.45. The second-order valence-electron chi connectivity index (χ2n) is 7.88. The Morgan fingerprint density at radius 1 is 1.21 bits per heavy atom. The normalized spacial score (nSPS) is 22.7. The highest BCUT2D eigenvalue weighted by Gasteiger charge is 2.48. The molecule has 1 N–H and O–H groups in total. The van der Waals surface area contributed by atoms with E-state index in [1.54, 1.807) is 36.1 Å². The van der Waals surface area contributed by atoms with Gasteiger partial charge in [0, 0.05) is 13.1 Å². The van der Waals surface area contributed by atoms with Gasteiger partial charge in [0.05, 0.1) is 24.5 Å². The molecule has 2 aliphatic heterocycles. The minimum atomic E-state index is -0.607. The number of piperazine rings is 1. The van der Waals surface area contributed by atoms with Crippen LogP contribution in [-0.2, 0) is 19.1 Å². The van der Waals surface area contributed by atoms with Crippen molar-refractivity contribution >= 4 is 23.5 Å². The van der Waals surface area contributed by atoms with Gasteiger partial charge in [-0.15, -0.1) is 0 Å². The van der Waals surface area contributed by atoms with Crippen LogP contribution in [0.5, 0.6) is 0 Å². The summed E-state index contributed by atoms with van der Waals surface area (Å²) in [6.45, 7) is 8.49. The number of amides is 1. The Balaban J connectivity index is 1.87. The van der Waals surface area contributed by atoms with Gasteiger partial charge < -0.3 is 14.8 Å². The summed E-state index contributed by atoms with van der Waals surface area (Å²) in [5, 5.41) is 3.15. The molecule has 0 saturated carbocycles. The topological polar surface area (TPSA) is 88.2 Å². The number of hydrogen-bond donors (Lipinski definition) is 1. The fourth-order valence-electron chi connectivity index (χ4n) is 3.52. The van der Waals surface area contributed by atoms with E-state index in [4.69, 9.17) is 9.47 Å². The van der Waals surface area contributed by atoms with E-state index >= 15 is 0 Å². The van der Waals surface area contributed by atoms with Gasteiger partial charge in [-0.3, -0.25) is 19.4 Å². The second-order valence-corrected chi connectivity index (χ2v) is 7.88. The molecule has 2 saturated heterocycles. The molecule has 0 bridgehead atoms. The number of ether oxygens (including phenoxy) is 2. The lowest BCUT2D eigenvalue weighted by molar-refractivity contribution is -0.162. The van der Waals surface area contributed by atoms with Crippen LogP contribution in [0.2, 0.25) is 0 Å². The third kappa shape index (κ3) is 4.02. The summed E-state index contributed by atoms with van der Waals surface area (Å²) in [5.41, 5.74) is 0.215. The molecule has 0 aromatic heterocycles. The number of para-hydroxylation sites is 1. The van der Waals surface area contributed by atoms with Crippen LogP contribution in [0.25, 0.3) is 0 Å². The number of fused-ring (bicyclic) bond motifs is 1. The van der Waals surface area contributed by atoms with Crippen LogP contribution in [0.1, 0.15) is 38.1 Å². The fraction of sp³-hybridized carbons (Fsp3) is 0.550. The molecule has 2 unspecified atom stereocenters. The van der Waals surface area contributed by atoms with Crippen LogP contribution in [0.4, 0.5) is 5.69 Å². The molecule has 1 amide bonds. The standard InChI is InChI=1S/C20H27N3O5/c1-5-27-18(25)13-8-6-7-9-14(13)23-12-22-15(17(23)24)10-21-11-16(22)19(26)28-20(2,3)4/h6-9,15-16,21H,5,10-12H2,1-4H3. The predicted octanol–water partition coefficient (Wildman–Crippen LogP) is 1.15. The number of rotatable bonds is 4. The molecular weight excluding hydrogens is 362 g/mol. The van der Waals surface area contributed by atoms with E-state index in [0.717, 1.165) is 0 Å². The van der Waals surface area contributed by atoms with Crippen LogP contribution in [0.3, 0.4) is 0 Å². The van der Waals surface area contributed by atoms with Crippen LogP contribution >= 0.6 is 0 Å². The first-order valence-electron chi connectivity index (χ1n) is 9.49. The molecule has 8 heteroatoms. The van der Waals surface area contributed by atoms with Crippen molar-refractivity contribution in [3.05, 3.63) is 29.8 Å². The molecular formula is C20H27N3O5. The van der Waals surface area contributed by atoms with E-state index in [0.29, 0.717) is 24.3 Å². The molecule has 1 aromatic carbocycles. The van der Waals surface area contributed by atoms with Crippen LogP contribution in [0, 0.1) is 0 Å². The molecule has 1 aromatic rings. The number of benzene rings is 1. The van der Waals surface area contributed by atoms with Crippen molar-refractivity contribution < 1.29 is 23.9 Å². The van der Waals surface area contributed by atoms with Gasteiger partial charge in [-0.2, -0.15) is 0 Å². The molecule has 3 rings (SSSR count). The summed E-state index contributed by atoms with van der Waals surface area (Å²) in [5.74, 6) is -0.992. The minimum absolute atomic E-state index is 0.155. The molecule has 28 heavy (non-hydrogen) atoms. The maximum atomic E-state index is 13.1. The van der Waals surface area contributed by atoms with Crippen molar-refractivity contribution in [2.45, 2.75) is 45.4 Å². The van der Waals surface area contributed by atoms with Gasteiger partial charge in [0.2, 0.25) is 5.91 Å². The number of anilines is 1. The summed E-state index contributed by atoms with van der Waals surface area (Å²) in [4.78, 5) is 41.4. The fourth-order valence-corrected chi connectivity index (χ4v) is 3.52. The van der Waals surface area contributed by atoms with Gasteiger partial charge in [-0.1, -0.05) is 12.1 Å². The maximum absolute atomic E-state index is 13.1. The molecule has 2 heterocycles. The monoisotopic (exact) mass is 389 g/mol. The largest absolute Gasteiger partial charge is 0.462 e. The predicted molar refractivity (Wildman–Crippen MR) is 103 cm³/mol. The van der Waals surface area contributed by atoms with Crippen LogP contribution in [0.15, 0.2) is 24.3 Å². The van der Waals surface area contributed by atoms with Gasteiger partial charge in [0.25, 0.3) is 0 Å². The maximum Gasteiger partial charge on any atom is 0.340 e. The van der Waals surface area contributed by atoms with Crippen molar-refractivity contribution in [3.63, 3.8) is 0 Å². The first-order chi connectivity index (χ1) is 13.2. The van der Waals surface area contributed by atoms with Crippen molar-refractivity contribution in [1.82, 2.24) is 10.2 Å². The summed E-state index contributed by atoms with van der Waals surface area (Å²) >= 11 is 0. The number of nitrogens with one attached hydrogen (secondary N) is 1. The minimum Gasteiger partial charge on any atom is -0.462 e. The average Bonchev–Trinajstić information content (AvgIpc) is 2.97. The zero-order valence-corrected chi connectivity index (χ0v) is 16.7. The van der Waals surface area contributed by atoms with E-state index in [9.17, 15) is 14.4 Å². The van der Waals surface area contributed by atoms with Crippen molar-refractivity contribution in [3.8, 4) is 0 Å². The lowest BCUT2D eigenvalue weighted by atomic mass is 10.1. The molecule has 8 nitrogen and oxygen atoms in total. The first kappa shape index (κ1) is 20.3. The smallest absolute Gasteiger partial charge is 0.340 e. The van der Waals surface area contributed by atoms with Crippen LogP contribution in [-0.4, -0.2) is 66.8 Å². The Morgan fingerprint density at radius 3 is 2.61 bits per heavy atom. The third-order valence-electron chi connectivity index (χ3n) is 4.70. The number of carbonyl (C=O) groups excluding carboxylic acids is 3. The molecule has 2 aliphatic rings. The molecule has 0 spiro atoms. The number of esters is 2. The van der Waals surface area contributed by atoms with Gasteiger partial charge in [-0.25, -0.2) is 4.79 Å². The molecule has 152 valence electrons. The van der Waals surface area contributed by atoms with E-state index in [2.05, 4.69) is 5.32 Å². The van der Waals surface area contributed by atoms with E-state index in [1.165, 1.54) is 0 Å². The SMILES string of the molecule is CCOC(=O)c1ccccc1N1CN2C(C(=O)OC(C)(C)C)CNCC2C1=O. The Kier molecular flexibility index (Phi) is 5.71. The lowest BCUT2D eigenvalue weighted by Gasteiger charge is -2.35.